The average molecular weight is 314 g/mol. The van der Waals surface area contributed by atoms with Crippen molar-refractivity contribution in [3.8, 4) is 0 Å². The summed E-state index contributed by atoms with van der Waals surface area (Å²) in [7, 11) is 1.51. The van der Waals surface area contributed by atoms with Gasteiger partial charge in [-0.25, -0.2) is 4.39 Å². The Morgan fingerprint density at radius 1 is 1.22 bits per heavy atom. The highest BCUT2D eigenvalue weighted by atomic mass is 19.1. The number of likely N-dealkylation sites (N-methyl/N-ethyl adjacent to an activating group) is 1. The molecule has 0 atom stereocenters. The van der Waals surface area contributed by atoms with Gasteiger partial charge in [0.25, 0.3) is 11.7 Å². The highest BCUT2D eigenvalue weighted by molar-refractivity contribution is 6.46. The highest BCUT2D eigenvalue weighted by Gasteiger charge is 2.35. The summed E-state index contributed by atoms with van der Waals surface area (Å²) in [6.07, 6.45) is 1.75. The molecule has 1 saturated heterocycles. The standard InChI is InChI=1S/C17H15FN2O3/c1-19-10-13(16(22)17(19)23)15(21)14-3-2-8-20(14)9-11-4-6-12(18)7-5-11/h2-8,21H,9-10H2,1H3/b15-13-. The molecule has 1 aliphatic heterocycles. The van der Waals surface area contributed by atoms with Gasteiger partial charge in [0.05, 0.1) is 17.8 Å². The zero-order valence-corrected chi connectivity index (χ0v) is 12.5. The molecule has 23 heavy (non-hydrogen) atoms. The molecule has 3 rings (SSSR count). The van der Waals surface area contributed by atoms with Crippen LogP contribution < -0.4 is 0 Å². The quantitative estimate of drug-likeness (QED) is 0.535. The monoisotopic (exact) mass is 314 g/mol. The van der Waals surface area contributed by atoms with Gasteiger partial charge in [0.15, 0.2) is 0 Å². The molecule has 0 aliphatic carbocycles. The molecule has 0 radical (unpaired) electrons. The lowest BCUT2D eigenvalue weighted by Gasteiger charge is -2.10. The van der Waals surface area contributed by atoms with Crippen LogP contribution in [0, 0.1) is 5.82 Å². The summed E-state index contributed by atoms with van der Waals surface area (Å²) in [5.74, 6) is -1.81. The number of halogens is 1. The van der Waals surface area contributed by atoms with Crippen molar-refractivity contribution in [2.75, 3.05) is 13.6 Å². The van der Waals surface area contributed by atoms with Gasteiger partial charge >= 0.3 is 0 Å². The Kier molecular flexibility index (Phi) is 3.73. The largest absolute Gasteiger partial charge is 0.505 e. The van der Waals surface area contributed by atoms with Crippen LogP contribution in [0.3, 0.4) is 0 Å². The van der Waals surface area contributed by atoms with E-state index in [1.165, 1.54) is 24.1 Å². The fourth-order valence-electron chi connectivity index (χ4n) is 2.57. The zero-order chi connectivity index (χ0) is 16.6. The van der Waals surface area contributed by atoms with E-state index >= 15 is 0 Å². The van der Waals surface area contributed by atoms with Crippen LogP contribution in [0.5, 0.6) is 0 Å². The first-order valence-electron chi connectivity index (χ1n) is 7.09. The molecule has 6 heteroatoms. The molecular weight excluding hydrogens is 299 g/mol. The number of benzene rings is 1. The first-order chi connectivity index (χ1) is 11.0. The Labute approximate surface area is 132 Å². The van der Waals surface area contributed by atoms with Crippen molar-refractivity contribution < 1.29 is 19.1 Å². The molecule has 1 aromatic heterocycles. The smallest absolute Gasteiger partial charge is 0.294 e. The van der Waals surface area contributed by atoms with E-state index in [0.29, 0.717) is 12.2 Å². The van der Waals surface area contributed by atoms with Gasteiger partial charge < -0.3 is 14.6 Å². The van der Waals surface area contributed by atoms with E-state index in [2.05, 4.69) is 0 Å². The van der Waals surface area contributed by atoms with Crippen LogP contribution in [0.4, 0.5) is 4.39 Å². The number of aliphatic hydroxyl groups excluding tert-OH is 1. The first kappa shape index (κ1) is 15.0. The highest BCUT2D eigenvalue weighted by Crippen LogP contribution is 2.23. The van der Waals surface area contributed by atoms with E-state index < -0.39 is 11.7 Å². The van der Waals surface area contributed by atoms with Crippen molar-refractivity contribution in [3.63, 3.8) is 0 Å². The lowest BCUT2D eigenvalue weighted by molar-refractivity contribution is -0.138. The van der Waals surface area contributed by atoms with Crippen LogP contribution in [0.15, 0.2) is 48.2 Å². The van der Waals surface area contributed by atoms with Crippen LogP contribution in [0.2, 0.25) is 0 Å². The molecule has 118 valence electrons. The molecule has 0 spiro atoms. The third kappa shape index (κ3) is 2.75. The van der Waals surface area contributed by atoms with Gasteiger partial charge in [0.1, 0.15) is 11.6 Å². The lowest BCUT2D eigenvalue weighted by atomic mass is 10.1. The third-order valence-corrected chi connectivity index (χ3v) is 3.83. The molecule has 1 aliphatic rings. The maximum atomic E-state index is 13.0. The Hall–Kier alpha value is -2.89. The van der Waals surface area contributed by atoms with Crippen molar-refractivity contribution in [1.82, 2.24) is 9.47 Å². The van der Waals surface area contributed by atoms with Crippen LogP contribution >= 0.6 is 0 Å². The molecule has 0 bridgehead atoms. The van der Waals surface area contributed by atoms with Crippen LogP contribution in [-0.4, -0.2) is 39.9 Å². The normalized spacial score (nSPS) is 17.0. The number of Topliss-reactive ketones (excluding diaryl/α,β-unsaturated/α-hetero) is 1. The summed E-state index contributed by atoms with van der Waals surface area (Å²) in [6.45, 7) is 0.503. The molecular formula is C17H15FN2O3. The third-order valence-electron chi connectivity index (χ3n) is 3.83. The minimum atomic E-state index is -0.681. The predicted octanol–water partition coefficient (Wildman–Crippen LogP) is 1.99. The number of hydrogen-bond acceptors (Lipinski definition) is 3. The Bertz CT molecular complexity index is 806. The van der Waals surface area contributed by atoms with Crippen molar-refractivity contribution in [1.29, 1.82) is 0 Å². The molecule has 1 fully saturated rings. The number of carbonyl (C=O) groups is 2. The number of carbonyl (C=O) groups excluding carboxylic acids is 2. The van der Waals surface area contributed by atoms with Gasteiger partial charge in [0.2, 0.25) is 0 Å². The van der Waals surface area contributed by atoms with Crippen LogP contribution in [0.25, 0.3) is 5.76 Å². The second-order valence-electron chi connectivity index (χ2n) is 5.47. The molecule has 1 amide bonds. The van der Waals surface area contributed by atoms with Gasteiger partial charge in [-0.2, -0.15) is 0 Å². The Balaban J connectivity index is 1.93. The van der Waals surface area contributed by atoms with Crippen molar-refractivity contribution in [3.05, 3.63) is 65.2 Å². The lowest BCUT2D eigenvalue weighted by Crippen LogP contribution is -2.22. The van der Waals surface area contributed by atoms with Crippen molar-refractivity contribution in [2.24, 2.45) is 0 Å². The number of ketones is 1. The SMILES string of the molecule is CN1C/C(=C(/O)c2cccn2Cc2ccc(F)cc2)C(=O)C1=O. The van der Waals surface area contributed by atoms with Gasteiger partial charge in [-0.05, 0) is 29.8 Å². The summed E-state index contributed by atoms with van der Waals surface area (Å²) < 4.78 is 14.7. The number of nitrogens with zero attached hydrogens (tertiary/aromatic N) is 2. The molecule has 0 saturated carbocycles. The van der Waals surface area contributed by atoms with Gasteiger partial charge in [0, 0.05) is 19.8 Å². The summed E-state index contributed by atoms with van der Waals surface area (Å²) in [6, 6.07) is 9.45. The number of hydrogen-bond donors (Lipinski definition) is 1. The van der Waals surface area contributed by atoms with Crippen LogP contribution in [0.1, 0.15) is 11.3 Å². The van der Waals surface area contributed by atoms with E-state index in [9.17, 15) is 19.1 Å². The van der Waals surface area contributed by atoms with Crippen molar-refractivity contribution in [2.45, 2.75) is 6.54 Å². The summed E-state index contributed by atoms with van der Waals surface area (Å²) in [4.78, 5) is 24.8. The Morgan fingerprint density at radius 3 is 2.52 bits per heavy atom. The number of likely N-dealkylation sites (tertiary alicyclic amines) is 1. The van der Waals surface area contributed by atoms with E-state index in [-0.39, 0.29) is 23.7 Å². The zero-order valence-electron chi connectivity index (χ0n) is 12.5. The minimum Gasteiger partial charge on any atom is -0.505 e. The number of rotatable bonds is 3. The second-order valence-corrected chi connectivity index (χ2v) is 5.47. The van der Waals surface area contributed by atoms with Crippen LogP contribution in [-0.2, 0) is 16.1 Å². The Morgan fingerprint density at radius 2 is 1.91 bits per heavy atom. The molecule has 1 N–H and O–H groups in total. The minimum absolute atomic E-state index is 0.0885. The molecule has 1 aromatic carbocycles. The predicted molar refractivity (Wildman–Crippen MR) is 82.1 cm³/mol. The molecule has 5 nitrogen and oxygen atoms in total. The van der Waals surface area contributed by atoms with E-state index in [1.54, 1.807) is 35.0 Å². The first-order valence-corrected chi connectivity index (χ1v) is 7.09. The summed E-state index contributed by atoms with van der Waals surface area (Å²) in [5.41, 5.74) is 1.39. The fourth-order valence-corrected chi connectivity index (χ4v) is 2.57. The van der Waals surface area contributed by atoms with Gasteiger partial charge in [-0.15, -0.1) is 0 Å². The maximum Gasteiger partial charge on any atom is 0.294 e. The maximum absolute atomic E-state index is 13.0. The molecule has 2 aromatic rings. The summed E-state index contributed by atoms with van der Waals surface area (Å²) >= 11 is 0. The topological polar surface area (TPSA) is 62.5 Å². The number of amides is 1. The van der Waals surface area contributed by atoms with Crippen molar-refractivity contribution >= 4 is 17.4 Å². The van der Waals surface area contributed by atoms with Gasteiger partial charge in [-0.1, -0.05) is 12.1 Å². The fraction of sp³-hybridized carbons (Fsp3) is 0.176. The van der Waals surface area contributed by atoms with E-state index in [1.807, 2.05) is 0 Å². The number of aromatic nitrogens is 1. The number of aliphatic hydroxyl groups is 1. The van der Waals surface area contributed by atoms with E-state index in [4.69, 9.17) is 0 Å². The van der Waals surface area contributed by atoms with Gasteiger partial charge in [-0.3, -0.25) is 9.59 Å². The second kappa shape index (κ2) is 5.72. The van der Waals surface area contributed by atoms with E-state index in [0.717, 1.165) is 5.56 Å². The molecule has 0 unspecified atom stereocenters. The summed E-state index contributed by atoms with van der Waals surface area (Å²) in [5, 5.41) is 10.4. The molecule has 2 heterocycles. The average Bonchev–Trinajstić information content (AvgIpc) is 3.09.